The molecule has 0 atom stereocenters. The minimum absolute atomic E-state index is 0.263. The van der Waals surface area contributed by atoms with Gasteiger partial charge >= 0.3 is 11.7 Å². The third-order valence-electron chi connectivity index (χ3n) is 5.11. The third kappa shape index (κ3) is 4.02. The Morgan fingerprint density at radius 1 is 1.09 bits per heavy atom. The quantitative estimate of drug-likeness (QED) is 0.456. The molecule has 0 aliphatic heterocycles. The summed E-state index contributed by atoms with van der Waals surface area (Å²) in [6.45, 7) is 3.87. The highest BCUT2D eigenvalue weighted by Crippen LogP contribution is 2.20. The average molecular weight is 430 g/mol. The summed E-state index contributed by atoms with van der Waals surface area (Å²) in [6.07, 6.45) is 2.55. The molecule has 4 aromatic rings. The summed E-state index contributed by atoms with van der Waals surface area (Å²) >= 11 is 0. The highest BCUT2D eigenvalue weighted by atomic mass is 16.4. The number of carbonyl (C=O) groups is 1. The molecule has 0 aliphatic rings. The molecule has 162 valence electrons. The van der Waals surface area contributed by atoms with Crippen LogP contribution in [0.2, 0.25) is 0 Å². The molecule has 2 heterocycles. The van der Waals surface area contributed by atoms with Gasteiger partial charge in [0.2, 0.25) is 0 Å². The van der Waals surface area contributed by atoms with Gasteiger partial charge in [-0.2, -0.15) is 0 Å². The van der Waals surface area contributed by atoms with Crippen molar-refractivity contribution in [2.24, 2.45) is 0 Å². The number of hydrogen-bond donors (Lipinski definition) is 2. The van der Waals surface area contributed by atoms with Gasteiger partial charge in [0.15, 0.2) is 5.65 Å². The van der Waals surface area contributed by atoms with Gasteiger partial charge in [0, 0.05) is 17.7 Å². The van der Waals surface area contributed by atoms with Crippen LogP contribution in [0.1, 0.15) is 31.0 Å². The number of rotatable bonds is 6. The fraction of sp³-hybridized carbons (Fsp3) is 0.167. The van der Waals surface area contributed by atoms with Crippen LogP contribution in [-0.2, 0) is 11.3 Å². The number of hydrogen-bond acceptors (Lipinski definition) is 4. The van der Waals surface area contributed by atoms with E-state index in [1.807, 2.05) is 30.3 Å². The molecular formula is C24H22N4O4. The Morgan fingerprint density at radius 3 is 2.41 bits per heavy atom. The second-order valence-electron chi connectivity index (χ2n) is 7.70. The number of nitrogens with one attached hydrogen (secondary N) is 1. The van der Waals surface area contributed by atoms with Crippen molar-refractivity contribution in [3.8, 4) is 11.4 Å². The first-order valence-corrected chi connectivity index (χ1v) is 10.2. The normalized spacial score (nSPS) is 11.6. The highest BCUT2D eigenvalue weighted by molar-refractivity contribution is 5.85. The van der Waals surface area contributed by atoms with E-state index in [4.69, 9.17) is 5.11 Å². The molecule has 0 amide bonds. The Morgan fingerprint density at radius 2 is 1.78 bits per heavy atom. The molecular weight excluding hydrogens is 408 g/mol. The van der Waals surface area contributed by atoms with Crippen LogP contribution in [-0.4, -0.2) is 30.2 Å². The summed E-state index contributed by atoms with van der Waals surface area (Å²) in [5.41, 5.74) is 2.09. The van der Waals surface area contributed by atoms with E-state index >= 15 is 0 Å². The van der Waals surface area contributed by atoms with Gasteiger partial charge in [-0.3, -0.25) is 13.9 Å². The van der Waals surface area contributed by atoms with Crippen LogP contribution in [0.3, 0.4) is 0 Å². The Bertz CT molecular complexity index is 1430. The van der Waals surface area contributed by atoms with E-state index in [2.05, 4.69) is 9.97 Å². The molecule has 0 saturated carbocycles. The molecule has 0 aliphatic carbocycles. The van der Waals surface area contributed by atoms with Crippen LogP contribution in [0.15, 0.2) is 70.3 Å². The number of fused-ring (bicyclic) bond motifs is 1. The maximum Gasteiger partial charge on any atom is 0.333 e. The van der Waals surface area contributed by atoms with Crippen LogP contribution in [0, 0.1) is 0 Å². The number of aromatic nitrogens is 4. The lowest BCUT2D eigenvalue weighted by Gasteiger charge is -2.13. The zero-order valence-electron chi connectivity index (χ0n) is 17.6. The molecule has 8 nitrogen and oxygen atoms in total. The van der Waals surface area contributed by atoms with Crippen molar-refractivity contribution < 1.29 is 9.90 Å². The second kappa shape index (κ2) is 8.50. The molecule has 2 N–H and O–H groups in total. The van der Waals surface area contributed by atoms with E-state index in [0.29, 0.717) is 17.0 Å². The molecule has 0 fully saturated rings. The first kappa shape index (κ1) is 21.0. The van der Waals surface area contributed by atoms with Crippen LogP contribution in [0.4, 0.5) is 0 Å². The van der Waals surface area contributed by atoms with E-state index < -0.39 is 17.2 Å². The largest absolute Gasteiger partial charge is 0.478 e. The van der Waals surface area contributed by atoms with Gasteiger partial charge in [-0.05, 0) is 31.1 Å². The topological polar surface area (TPSA) is 110 Å². The molecule has 0 radical (unpaired) electrons. The summed E-state index contributed by atoms with van der Waals surface area (Å²) in [6, 6.07) is 16.3. The van der Waals surface area contributed by atoms with Gasteiger partial charge in [-0.15, -0.1) is 0 Å². The van der Waals surface area contributed by atoms with Gasteiger partial charge in [0.05, 0.1) is 6.54 Å². The van der Waals surface area contributed by atoms with Crippen LogP contribution in [0.25, 0.3) is 28.6 Å². The van der Waals surface area contributed by atoms with Crippen LogP contribution in [0.5, 0.6) is 0 Å². The molecule has 0 spiro atoms. The van der Waals surface area contributed by atoms with E-state index in [1.165, 1.54) is 15.2 Å². The molecule has 8 heteroatoms. The molecule has 4 rings (SSSR count). The zero-order chi connectivity index (χ0) is 22.8. The maximum atomic E-state index is 13.2. The van der Waals surface area contributed by atoms with E-state index in [-0.39, 0.29) is 18.1 Å². The number of imidazole rings is 1. The van der Waals surface area contributed by atoms with Crippen molar-refractivity contribution in [3.05, 3.63) is 92.6 Å². The van der Waals surface area contributed by atoms with Gasteiger partial charge in [-0.1, -0.05) is 54.6 Å². The van der Waals surface area contributed by atoms with Crippen molar-refractivity contribution in [2.45, 2.75) is 26.4 Å². The van der Waals surface area contributed by atoms with Gasteiger partial charge < -0.3 is 10.1 Å². The minimum Gasteiger partial charge on any atom is -0.478 e. The van der Waals surface area contributed by atoms with Crippen molar-refractivity contribution in [1.29, 1.82) is 0 Å². The van der Waals surface area contributed by atoms with E-state index in [0.717, 1.165) is 17.2 Å². The summed E-state index contributed by atoms with van der Waals surface area (Å²) in [5.74, 6) is -0.572. The molecule has 0 saturated heterocycles. The van der Waals surface area contributed by atoms with Crippen LogP contribution < -0.4 is 11.2 Å². The Hall–Kier alpha value is -4.20. The van der Waals surface area contributed by atoms with E-state index in [1.54, 1.807) is 38.1 Å². The fourth-order valence-corrected chi connectivity index (χ4v) is 3.56. The molecule has 0 unspecified atom stereocenters. The smallest absolute Gasteiger partial charge is 0.333 e. The molecule has 2 aromatic heterocycles. The van der Waals surface area contributed by atoms with Crippen LogP contribution >= 0.6 is 0 Å². The predicted octanol–water partition coefficient (Wildman–Crippen LogP) is 3.28. The number of nitrogens with zero attached hydrogens (tertiary/aromatic N) is 3. The Labute approximate surface area is 183 Å². The van der Waals surface area contributed by atoms with Gasteiger partial charge in [-0.25, -0.2) is 14.6 Å². The predicted molar refractivity (Wildman–Crippen MR) is 123 cm³/mol. The number of H-pyrrole nitrogens is 1. The second-order valence-corrected chi connectivity index (χ2v) is 7.70. The summed E-state index contributed by atoms with van der Waals surface area (Å²) in [5, 5.41) is 8.77. The number of aromatic amines is 1. The number of aliphatic carboxylic acids is 1. The molecule has 2 aromatic carbocycles. The van der Waals surface area contributed by atoms with Crippen molar-refractivity contribution in [2.75, 3.05) is 0 Å². The summed E-state index contributed by atoms with van der Waals surface area (Å²) < 4.78 is 2.74. The molecule has 0 bridgehead atoms. The average Bonchev–Trinajstić information content (AvgIpc) is 3.22. The lowest BCUT2D eigenvalue weighted by molar-refractivity contribution is -0.131. The van der Waals surface area contributed by atoms with Crippen molar-refractivity contribution in [1.82, 2.24) is 19.1 Å². The minimum atomic E-state index is -1.02. The lowest BCUT2D eigenvalue weighted by atomic mass is 10.1. The maximum absolute atomic E-state index is 13.2. The van der Waals surface area contributed by atoms with Gasteiger partial charge in [0.1, 0.15) is 11.3 Å². The SMILES string of the molecule is CC(C)n1c(=O)c2[nH]c(-c3ccc(/C=C/C(=O)O)cc3)nc2n(Cc2ccccc2)c1=O. The Kier molecular flexibility index (Phi) is 5.59. The number of carboxylic acid groups (broad SMARTS) is 1. The van der Waals surface area contributed by atoms with E-state index in [9.17, 15) is 14.4 Å². The summed E-state index contributed by atoms with van der Waals surface area (Å²) in [7, 11) is 0. The van der Waals surface area contributed by atoms with Gasteiger partial charge in [0.25, 0.3) is 5.56 Å². The number of carboxylic acids is 1. The third-order valence-corrected chi connectivity index (χ3v) is 5.11. The monoisotopic (exact) mass is 430 g/mol. The number of benzene rings is 2. The van der Waals surface area contributed by atoms with Crippen molar-refractivity contribution in [3.63, 3.8) is 0 Å². The van der Waals surface area contributed by atoms with Crippen molar-refractivity contribution >= 4 is 23.2 Å². The highest BCUT2D eigenvalue weighted by Gasteiger charge is 2.19. The Balaban J connectivity index is 1.86. The summed E-state index contributed by atoms with van der Waals surface area (Å²) in [4.78, 5) is 44.6. The molecule has 32 heavy (non-hydrogen) atoms. The standard InChI is InChI=1S/C24H22N4O4/c1-15(2)28-23(31)20-22(27(24(28)32)14-17-6-4-3-5-7-17)26-21(25-20)18-11-8-16(9-12-18)10-13-19(29)30/h3-13,15H,14H2,1-2H3,(H,25,26)(H,29,30)/b13-10+. The first-order valence-electron chi connectivity index (χ1n) is 10.2. The zero-order valence-corrected chi connectivity index (χ0v) is 17.6. The fourth-order valence-electron chi connectivity index (χ4n) is 3.56. The first-order chi connectivity index (χ1) is 15.3. The lowest BCUT2D eigenvalue weighted by Crippen LogP contribution is -2.41.